The summed E-state index contributed by atoms with van der Waals surface area (Å²) in [6.45, 7) is 1.81. The molecule has 0 spiro atoms. The zero-order valence-electron chi connectivity index (χ0n) is 13.9. The molecule has 0 fully saturated rings. The molecule has 0 aliphatic carbocycles. The van der Waals surface area contributed by atoms with Crippen molar-refractivity contribution in [1.82, 2.24) is 15.3 Å². The van der Waals surface area contributed by atoms with Crippen LogP contribution < -0.4 is 15.4 Å². The van der Waals surface area contributed by atoms with E-state index >= 15 is 0 Å². The maximum atomic E-state index is 12.2. The maximum Gasteiger partial charge on any atom is 0.270 e. The number of benzene rings is 1. The SMILES string of the molecule is COCCCNc1cc(C(=O)NCc2ccc(OC)cc2)ncn1. The summed E-state index contributed by atoms with van der Waals surface area (Å²) in [6, 6.07) is 9.16. The van der Waals surface area contributed by atoms with Crippen molar-refractivity contribution >= 4 is 11.7 Å². The van der Waals surface area contributed by atoms with E-state index in [-0.39, 0.29) is 5.91 Å². The summed E-state index contributed by atoms with van der Waals surface area (Å²) >= 11 is 0. The highest BCUT2D eigenvalue weighted by Crippen LogP contribution is 2.11. The molecule has 0 aliphatic rings. The fourth-order valence-corrected chi connectivity index (χ4v) is 2.03. The van der Waals surface area contributed by atoms with E-state index in [4.69, 9.17) is 9.47 Å². The predicted octanol–water partition coefficient (Wildman–Crippen LogP) is 1.86. The lowest BCUT2D eigenvalue weighted by atomic mass is 10.2. The van der Waals surface area contributed by atoms with E-state index in [0.29, 0.717) is 24.7 Å². The molecule has 1 aromatic carbocycles. The largest absolute Gasteiger partial charge is 0.497 e. The van der Waals surface area contributed by atoms with Crippen molar-refractivity contribution in [2.45, 2.75) is 13.0 Å². The first-order chi connectivity index (χ1) is 11.7. The molecule has 0 aliphatic heterocycles. The number of nitrogens with one attached hydrogen (secondary N) is 2. The number of hydrogen-bond donors (Lipinski definition) is 2. The van der Waals surface area contributed by atoms with Gasteiger partial charge in [0, 0.05) is 32.9 Å². The number of carbonyl (C=O) groups excluding carboxylic acids is 1. The van der Waals surface area contributed by atoms with Crippen molar-refractivity contribution in [3.63, 3.8) is 0 Å². The molecular formula is C17H22N4O3. The molecule has 1 aromatic heterocycles. The molecule has 0 unspecified atom stereocenters. The van der Waals surface area contributed by atoms with Gasteiger partial charge in [0.05, 0.1) is 7.11 Å². The highest BCUT2D eigenvalue weighted by Gasteiger charge is 2.08. The minimum atomic E-state index is -0.242. The summed E-state index contributed by atoms with van der Waals surface area (Å²) in [4.78, 5) is 20.3. The van der Waals surface area contributed by atoms with Crippen molar-refractivity contribution in [3.8, 4) is 5.75 Å². The third kappa shape index (κ3) is 5.51. The monoisotopic (exact) mass is 330 g/mol. The number of aromatic nitrogens is 2. The van der Waals surface area contributed by atoms with Gasteiger partial charge < -0.3 is 20.1 Å². The van der Waals surface area contributed by atoms with Crippen LogP contribution in [-0.2, 0) is 11.3 Å². The Morgan fingerprint density at radius 2 is 1.96 bits per heavy atom. The Bertz CT molecular complexity index is 647. The standard InChI is InChI=1S/C17H22N4O3/c1-23-9-3-8-18-16-10-15(20-12-21-16)17(22)19-11-13-4-6-14(24-2)7-5-13/h4-7,10,12H,3,8-9,11H2,1-2H3,(H,19,22)(H,18,20,21). The molecule has 2 aromatic rings. The van der Waals surface area contributed by atoms with Crippen LogP contribution in [0.25, 0.3) is 0 Å². The number of anilines is 1. The van der Waals surface area contributed by atoms with Gasteiger partial charge >= 0.3 is 0 Å². The van der Waals surface area contributed by atoms with E-state index in [0.717, 1.165) is 24.3 Å². The molecule has 0 saturated heterocycles. The lowest BCUT2D eigenvalue weighted by molar-refractivity contribution is 0.0946. The van der Waals surface area contributed by atoms with Gasteiger partial charge in [-0.25, -0.2) is 9.97 Å². The third-order valence-corrected chi connectivity index (χ3v) is 3.34. The van der Waals surface area contributed by atoms with Gasteiger partial charge in [0.25, 0.3) is 5.91 Å². The second-order valence-corrected chi connectivity index (χ2v) is 5.09. The van der Waals surface area contributed by atoms with Crippen LogP contribution in [0, 0.1) is 0 Å². The van der Waals surface area contributed by atoms with Gasteiger partial charge in [-0.1, -0.05) is 12.1 Å². The molecule has 2 rings (SSSR count). The Morgan fingerprint density at radius 1 is 1.17 bits per heavy atom. The third-order valence-electron chi connectivity index (χ3n) is 3.34. The Kier molecular flexibility index (Phi) is 6.97. The smallest absolute Gasteiger partial charge is 0.270 e. The summed E-state index contributed by atoms with van der Waals surface area (Å²) in [5, 5.41) is 5.97. The van der Waals surface area contributed by atoms with Crippen molar-refractivity contribution < 1.29 is 14.3 Å². The second kappa shape index (κ2) is 9.46. The minimum absolute atomic E-state index is 0.242. The quantitative estimate of drug-likeness (QED) is 0.683. The number of methoxy groups -OCH3 is 2. The number of hydrogen-bond acceptors (Lipinski definition) is 6. The molecule has 0 radical (unpaired) electrons. The fourth-order valence-electron chi connectivity index (χ4n) is 2.03. The summed E-state index contributed by atoms with van der Waals surface area (Å²) < 4.78 is 10.1. The van der Waals surface area contributed by atoms with Crippen LogP contribution in [0.3, 0.4) is 0 Å². The summed E-state index contributed by atoms with van der Waals surface area (Å²) in [5.41, 5.74) is 1.31. The van der Waals surface area contributed by atoms with E-state index < -0.39 is 0 Å². The molecule has 7 nitrogen and oxygen atoms in total. The summed E-state index contributed by atoms with van der Waals surface area (Å²) in [7, 11) is 3.28. The first kappa shape index (κ1) is 17.7. The minimum Gasteiger partial charge on any atom is -0.497 e. The number of ether oxygens (including phenoxy) is 2. The Hall–Kier alpha value is -2.67. The fraction of sp³-hybridized carbons (Fsp3) is 0.353. The van der Waals surface area contributed by atoms with Crippen LogP contribution in [0.5, 0.6) is 5.75 Å². The molecule has 128 valence electrons. The van der Waals surface area contributed by atoms with Crippen LogP contribution in [0.1, 0.15) is 22.5 Å². The van der Waals surface area contributed by atoms with Gasteiger partial charge in [0.2, 0.25) is 0 Å². The topological polar surface area (TPSA) is 85.4 Å². The zero-order valence-corrected chi connectivity index (χ0v) is 13.9. The number of nitrogens with zero attached hydrogens (tertiary/aromatic N) is 2. The molecule has 0 atom stereocenters. The lowest BCUT2D eigenvalue weighted by Crippen LogP contribution is -2.24. The maximum absolute atomic E-state index is 12.2. The van der Waals surface area contributed by atoms with Gasteiger partial charge in [-0.05, 0) is 24.1 Å². The van der Waals surface area contributed by atoms with Crippen LogP contribution in [0.15, 0.2) is 36.7 Å². The van der Waals surface area contributed by atoms with Crippen LogP contribution in [-0.4, -0.2) is 43.2 Å². The lowest BCUT2D eigenvalue weighted by Gasteiger charge is -2.08. The Balaban J connectivity index is 1.86. The molecule has 7 heteroatoms. The van der Waals surface area contributed by atoms with Crippen molar-refractivity contribution in [2.24, 2.45) is 0 Å². The molecule has 1 amide bonds. The normalized spacial score (nSPS) is 10.2. The summed E-state index contributed by atoms with van der Waals surface area (Å²) in [6.07, 6.45) is 2.24. The van der Waals surface area contributed by atoms with E-state index in [9.17, 15) is 4.79 Å². The van der Waals surface area contributed by atoms with E-state index in [2.05, 4.69) is 20.6 Å². The first-order valence-electron chi connectivity index (χ1n) is 7.69. The van der Waals surface area contributed by atoms with Crippen molar-refractivity contribution in [3.05, 3.63) is 47.9 Å². The first-order valence-corrected chi connectivity index (χ1v) is 7.69. The molecule has 2 N–H and O–H groups in total. The highest BCUT2D eigenvalue weighted by molar-refractivity contribution is 5.92. The average molecular weight is 330 g/mol. The van der Waals surface area contributed by atoms with Gasteiger partial charge in [0.1, 0.15) is 23.6 Å². The van der Waals surface area contributed by atoms with Crippen molar-refractivity contribution in [2.75, 3.05) is 32.7 Å². The number of amides is 1. The van der Waals surface area contributed by atoms with Crippen LogP contribution in [0.4, 0.5) is 5.82 Å². The van der Waals surface area contributed by atoms with Crippen LogP contribution in [0.2, 0.25) is 0 Å². The number of carbonyl (C=O) groups is 1. The number of rotatable bonds is 9. The van der Waals surface area contributed by atoms with Crippen LogP contribution >= 0.6 is 0 Å². The van der Waals surface area contributed by atoms with Gasteiger partial charge in [-0.2, -0.15) is 0 Å². The van der Waals surface area contributed by atoms with E-state index in [1.54, 1.807) is 20.3 Å². The van der Waals surface area contributed by atoms with E-state index in [1.807, 2.05) is 24.3 Å². The summed E-state index contributed by atoms with van der Waals surface area (Å²) in [5.74, 6) is 1.16. The van der Waals surface area contributed by atoms with Gasteiger partial charge in [-0.15, -0.1) is 0 Å². The molecule has 0 saturated carbocycles. The average Bonchev–Trinajstić information content (AvgIpc) is 2.64. The molecule has 1 heterocycles. The van der Waals surface area contributed by atoms with Gasteiger partial charge in [-0.3, -0.25) is 4.79 Å². The zero-order chi connectivity index (χ0) is 17.2. The Morgan fingerprint density at radius 3 is 2.67 bits per heavy atom. The second-order valence-electron chi connectivity index (χ2n) is 5.09. The molecule has 24 heavy (non-hydrogen) atoms. The van der Waals surface area contributed by atoms with Crippen molar-refractivity contribution in [1.29, 1.82) is 0 Å². The Labute approximate surface area is 141 Å². The molecular weight excluding hydrogens is 308 g/mol. The predicted molar refractivity (Wildman–Crippen MR) is 91.2 cm³/mol. The van der Waals surface area contributed by atoms with Gasteiger partial charge in [0.15, 0.2) is 0 Å². The highest BCUT2D eigenvalue weighted by atomic mass is 16.5. The van der Waals surface area contributed by atoms with E-state index in [1.165, 1.54) is 6.33 Å². The molecule has 0 bridgehead atoms.